The van der Waals surface area contributed by atoms with Crippen LogP contribution in [0.15, 0.2) is 194 Å². The molecule has 1 aliphatic rings. The summed E-state index contributed by atoms with van der Waals surface area (Å²) in [5, 5.41) is 21.1. The van der Waals surface area contributed by atoms with Crippen molar-refractivity contribution < 1.29 is 0 Å². The Kier molecular flexibility index (Phi) is 10.1. The third-order valence-electron chi connectivity index (χ3n) is 18.4. The van der Waals surface area contributed by atoms with Gasteiger partial charge in [0.15, 0.2) is 0 Å². The number of fused-ring (bicyclic) bond motifs is 11. The van der Waals surface area contributed by atoms with Gasteiger partial charge in [-0.3, -0.25) is 0 Å². The van der Waals surface area contributed by atoms with Crippen LogP contribution in [-0.4, -0.2) is 0 Å². The number of rotatable bonds is 4. The fourth-order valence-corrected chi connectivity index (χ4v) is 14.3. The Morgan fingerprint density at radius 3 is 0.938 bits per heavy atom. The molecule has 0 heterocycles. The fourth-order valence-electron chi connectivity index (χ4n) is 14.3. The number of hydrogen-bond donors (Lipinski definition) is 0. The molecule has 0 bridgehead atoms. The standard InChI is InChI=1S/C80H68/c1-77(2,3)50-37-48(38-51(41-50)78(4,5)6)69-54-29-19-20-30-55(54)70(49-39-52(79(7,8)9)42-53(40-49)80(10,11)12)76-61-36-34-57-63-44-65-64(43-62(63)56-33-35-60(75(69)76)72(61)71(56)57)67(46-23-15-13-16-24-46)73-58-31-21-27-45-28-22-32-59(66(45)58)74(73)68(65)47-25-17-14-18-26-47/h13-44H,1-12H3. The molecule has 14 aromatic rings. The van der Waals surface area contributed by atoms with Crippen LogP contribution < -0.4 is 0 Å². The van der Waals surface area contributed by atoms with Crippen molar-refractivity contribution in [3.05, 3.63) is 216 Å². The molecular weight excluding hydrogens is 961 g/mol. The van der Waals surface area contributed by atoms with Gasteiger partial charge in [-0.2, -0.15) is 0 Å². The molecule has 388 valence electrons. The van der Waals surface area contributed by atoms with Crippen LogP contribution in [0.25, 0.3) is 153 Å². The van der Waals surface area contributed by atoms with E-state index in [0.717, 1.165) is 0 Å². The van der Waals surface area contributed by atoms with Gasteiger partial charge >= 0.3 is 0 Å². The largest absolute Gasteiger partial charge is 0.0622 e. The minimum Gasteiger partial charge on any atom is -0.0622 e. The Labute approximate surface area is 471 Å². The fraction of sp³-hybridized carbons (Fsp3) is 0.200. The molecule has 0 aromatic heterocycles. The topological polar surface area (TPSA) is 0 Å². The molecule has 0 radical (unpaired) electrons. The zero-order chi connectivity index (χ0) is 55.1. The summed E-state index contributed by atoms with van der Waals surface area (Å²) in [6.45, 7) is 28.4. The molecule has 0 spiro atoms. The zero-order valence-electron chi connectivity index (χ0n) is 48.5. The van der Waals surface area contributed by atoms with Crippen LogP contribution in [0.2, 0.25) is 0 Å². The molecule has 0 amide bonds. The first-order chi connectivity index (χ1) is 38.2. The maximum absolute atomic E-state index is 2.59. The van der Waals surface area contributed by atoms with E-state index in [4.69, 9.17) is 0 Å². The van der Waals surface area contributed by atoms with Crippen LogP contribution in [0.1, 0.15) is 105 Å². The highest BCUT2D eigenvalue weighted by molar-refractivity contribution is 6.43. The van der Waals surface area contributed by atoms with Gasteiger partial charge in [0.2, 0.25) is 0 Å². The third kappa shape index (κ3) is 7.00. The second kappa shape index (κ2) is 16.6. The van der Waals surface area contributed by atoms with Crippen LogP contribution in [0.4, 0.5) is 0 Å². The molecule has 0 saturated carbocycles. The zero-order valence-corrected chi connectivity index (χ0v) is 48.5. The molecule has 0 aliphatic heterocycles. The van der Waals surface area contributed by atoms with E-state index in [1.54, 1.807) is 0 Å². The van der Waals surface area contributed by atoms with Crippen LogP contribution >= 0.6 is 0 Å². The smallest absolute Gasteiger partial charge is 0.000740 e. The molecule has 0 nitrogen and oxygen atoms in total. The lowest BCUT2D eigenvalue weighted by Crippen LogP contribution is -2.17. The summed E-state index contributed by atoms with van der Waals surface area (Å²) >= 11 is 0. The molecule has 1 aliphatic carbocycles. The summed E-state index contributed by atoms with van der Waals surface area (Å²) in [6.07, 6.45) is 0. The average molecular weight is 1030 g/mol. The van der Waals surface area contributed by atoms with Crippen LogP contribution in [-0.2, 0) is 21.7 Å². The predicted octanol–water partition coefficient (Wildman–Crippen LogP) is 23.3. The number of benzene rings is 12. The van der Waals surface area contributed by atoms with Gasteiger partial charge in [0.25, 0.3) is 0 Å². The van der Waals surface area contributed by atoms with Gasteiger partial charge in [0.1, 0.15) is 0 Å². The second-order valence-corrected chi connectivity index (χ2v) is 27.6. The summed E-state index contributed by atoms with van der Waals surface area (Å²) in [5.41, 5.74) is 21.0. The highest BCUT2D eigenvalue weighted by atomic mass is 14.4. The summed E-state index contributed by atoms with van der Waals surface area (Å²) in [7, 11) is 0. The Bertz CT molecular complexity index is 4550. The van der Waals surface area contributed by atoms with Crippen molar-refractivity contribution in [2.75, 3.05) is 0 Å². The van der Waals surface area contributed by atoms with E-state index in [1.165, 1.54) is 175 Å². The van der Waals surface area contributed by atoms with E-state index < -0.39 is 0 Å². The molecule has 0 N–H and O–H groups in total. The van der Waals surface area contributed by atoms with Gasteiger partial charge in [-0.1, -0.05) is 265 Å². The van der Waals surface area contributed by atoms with Gasteiger partial charge in [-0.05, 0) is 209 Å². The maximum Gasteiger partial charge on any atom is -0.000740 e. The summed E-state index contributed by atoms with van der Waals surface area (Å²) in [6, 6.07) is 75.8. The Balaban J connectivity index is 1.12. The molecule has 14 aromatic carbocycles. The first kappa shape index (κ1) is 48.8. The van der Waals surface area contributed by atoms with Gasteiger partial charge in [-0.15, -0.1) is 0 Å². The quantitative estimate of drug-likeness (QED) is 0.165. The van der Waals surface area contributed by atoms with E-state index in [0.29, 0.717) is 0 Å². The summed E-state index contributed by atoms with van der Waals surface area (Å²) < 4.78 is 0. The normalized spacial score (nSPS) is 13.2. The van der Waals surface area contributed by atoms with Crippen molar-refractivity contribution in [1.82, 2.24) is 0 Å². The molecule has 0 saturated heterocycles. The molecule has 0 unspecified atom stereocenters. The van der Waals surface area contributed by atoms with Gasteiger partial charge in [0.05, 0.1) is 0 Å². The molecular formula is C80H68. The average Bonchev–Trinajstić information content (AvgIpc) is 4.29. The van der Waals surface area contributed by atoms with E-state index in [9.17, 15) is 0 Å². The van der Waals surface area contributed by atoms with Crippen molar-refractivity contribution in [3.8, 4) is 66.8 Å². The van der Waals surface area contributed by atoms with Crippen molar-refractivity contribution in [2.24, 2.45) is 0 Å². The van der Waals surface area contributed by atoms with Crippen molar-refractivity contribution in [2.45, 2.75) is 105 Å². The highest BCUT2D eigenvalue weighted by Crippen LogP contribution is 2.61. The first-order valence-corrected chi connectivity index (χ1v) is 29.1. The lowest BCUT2D eigenvalue weighted by atomic mass is 9.75. The monoisotopic (exact) mass is 1030 g/mol. The van der Waals surface area contributed by atoms with Crippen LogP contribution in [0.5, 0.6) is 0 Å². The lowest BCUT2D eigenvalue weighted by Gasteiger charge is -2.29. The lowest BCUT2D eigenvalue weighted by molar-refractivity contribution is 0.568. The van der Waals surface area contributed by atoms with Gasteiger partial charge in [0, 0.05) is 0 Å². The molecule has 0 fully saturated rings. The third-order valence-corrected chi connectivity index (χ3v) is 18.4. The van der Waals surface area contributed by atoms with E-state index in [1.807, 2.05) is 0 Å². The molecule has 0 atom stereocenters. The number of hydrogen-bond acceptors (Lipinski definition) is 0. The Morgan fingerprint density at radius 2 is 0.562 bits per heavy atom. The molecule has 0 heteroatoms. The van der Waals surface area contributed by atoms with Gasteiger partial charge in [-0.25, -0.2) is 0 Å². The van der Waals surface area contributed by atoms with Crippen LogP contribution in [0.3, 0.4) is 0 Å². The minimum atomic E-state index is -0.0514. The van der Waals surface area contributed by atoms with E-state index in [2.05, 4.69) is 277 Å². The van der Waals surface area contributed by atoms with Gasteiger partial charge < -0.3 is 0 Å². The Hall–Kier alpha value is -8.32. The highest BCUT2D eigenvalue weighted by Gasteiger charge is 2.35. The predicted molar refractivity (Wildman–Crippen MR) is 350 cm³/mol. The molecule has 15 rings (SSSR count). The first-order valence-electron chi connectivity index (χ1n) is 29.1. The summed E-state index contributed by atoms with van der Waals surface area (Å²) in [4.78, 5) is 0. The van der Waals surface area contributed by atoms with Crippen molar-refractivity contribution >= 4 is 86.2 Å². The van der Waals surface area contributed by atoms with E-state index in [-0.39, 0.29) is 21.7 Å². The minimum absolute atomic E-state index is 0.0514. The van der Waals surface area contributed by atoms with Crippen molar-refractivity contribution in [1.29, 1.82) is 0 Å². The SMILES string of the molecule is CC(C)(C)c1cc(-c2c3c(c(-c4cc(C(C)(C)C)cc(C(C)(C)C)c4)c4ccccc24)-c2ccc4c5cc6c(-c7ccccc7)c7c8cccc9cccc(c7c(-c7ccccc7)c6cc5c5ccc-3c2c54)c98)cc(C(C)(C)C)c1. The molecule has 80 heavy (non-hydrogen) atoms. The van der Waals surface area contributed by atoms with Crippen molar-refractivity contribution in [3.63, 3.8) is 0 Å². The van der Waals surface area contributed by atoms with Crippen LogP contribution in [0, 0.1) is 0 Å². The summed E-state index contributed by atoms with van der Waals surface area (Å²) in [5.74, 6) is 0. The second-order valence-electron chi connectivity index (χ2n) is 27.6. The maximum atomic E-state index is 2.59. The van der Waals surface area contributed by atoms with E-state index >= 15 is 0 Å². The Morgan fingerprint density at radius 1 is 0.200 bits per heavy atom.